The molecule has 0 radical (unpaired) electrons. The first-order valence-electron chi connectivity index (χ1n) is 7.40. The van der Waals surface area contributed by atoms with E-state index in [0.717, 1.165) is 31.0 Å². The van der Waals surface area contributed by atoms with Gasteiger partial charge in [0.15, 0.2) is 5.78 Å². The van der Waals surface area contributed by atoms with Crippen molar-refractivity contribution in [3.05, 3.63) is 41.6 Å². The lowest BCUT2D eigenvalue weighted by Gasteiger charge is -2.24. The standard InChI is InChI=1S/C16H19N3O2/c1-3-19(4-2)16-17-10-12-13(18-16)8-11(9-14(12)20)15-6-5-7-21-15/h5-7,10-11H,3-4,8-9H2,1-2H3/t11-/m0/s1. The fourth-order valence-electron chi connectivity index (χ4n) is 2.82. The third kappa shape index (κ3) is 2.55. The molecule has 0 N–H and O–H groups in total. The highest BCUT2D eigenvalue weighted by atomic mass is 16.3. The number of hydrogen-bond donors (Lipinski definition) is 0. The molecule has 0 spiro atoms. The zero-order chi connectivity index (χ0) is 14.8. The van der Waals surface area contributed by atoms with Crippen LogP contribution in [0, 0.1) is 0 Å². The normalized spacial score (nSPS) is 17.6. The summed E-state index contributed by atoms with van der Waals surface area (Å²) in [4.78, 5) is 23.3. The molecule has 5 nitrogen and oxygen atoms in total. The average molecular weight is 285 g/mol. The minimum absolute atomic E-state index is 0.0828. The monoisotopic (exact) mass is 285 g/mol. The maximum atomic E-state index is 12.3. The summed E-state index contributed by atoms with van der Waals surface area (Å²) < 4.78 is 5.45. The van der Waals surface area contributed by atoms with Gasteiger partial charge in [-0.25, -0.2) is 9.97 Å². The number of aromatic nitrogens is 2. The van der Waals surface area contributed by atoms with Gasteiger partial charge in [0.25, 0.3) is 0 Å². The summed E-state index contributed by atoms with van der Waals surface area (Å²) in [6.45, 7) is 5.85. The molecule has 110 valence electrons. The van der Waals surface area contributed by atoms with Gasteiger partial charge in [-0.05, 0) is 26.0 Å². The molecule has 2 aromatic heterocycles. The second kappa shape index (κ2) is 5.68. The van der Waals surface area contributed by atoms with Crippen LogP contribution in [-0.4, -0.2) is 28.8 Å². The highest BCUT2D eigenvalue weighted by Gasteiger charge is 2.29. The number of furan rings is 1. The van der Waals surface area contributed by atoms with Crippen LogP contribution in [0.1, 0.15) is 48.0 Å². The number of fused-ring (bicyclic) bond motifs is 1. The van der Waals surface area contributed by atoms with E-state index in [-0.39, 0.29) is 11.7 Å². The zero-order valence-corrected chi connectivity index (χ0v) is 12.4. The highest BCUT2D eigenvalue weighted by Crippen LogP contribution is 2.32. The van der Waals surface area contributed by atoms with Crippen molar-refractivity contribution >= 4 is 11.7 Å². The molecule has 0 fully saturated rings. The van der Waals surface area contributed by atoms with Gasteiger partial charge in [-0.1, -0.05) is 0 Å². The Bertz CT molecular complexity index is 633. The third-order valence-electron chi connectivity index (χ3n) is 4.02. The van der Waals surface area contributed by atoms with E-state index in [9.17, 15) is 4.79 Å². The van der Waals surface area contributed by atoms with Crippen molar-refractivity contribution in [2.45, 2.75) is 32.6 Å². The molecule has 2 aromatic rings. The van der Waals surface area contributed by atoms with E-state index in [0.29, 0.717) is 17.9 Å². The van der Waals surface area contributed by atoms with Gasteiger partial charge >= 0.3 is 0 Å². The van der Waals surface area contributed by atoms with Crippen molar-refractivity contribution < 1.29 is 9.21 Å². The molecule has 2 heterocycles. The van der Waals surface area contributed by atoms with Crippen molar-refractivity contribution in [1.29, 1.82) is 0 Å². The Morgan fingerprint density at radius 2 is 2.14 bits per heavy atom. The Balaban J connectivity index is 1.93. The maximum absolute atomic E-state index is 12.3. The molecule has 0 aromatic carbocycles. The predicted molar refractivity (Wildman–Crippen MR) is 79.7 cm³/mol. The highest BCUT2D eigenvalue weighted by molar-refractivity contribution is 5.98. The summed E-state index contributed by atoms with van der Waals surface area (Å²) in [5.41, 5.74) is 1.50. The molecule has 1 aliphatic carbocycles. The molecule has 0 aliphatic heterocycles. The molecular formula is C16H19N3O2. The maximum Gasteiger partial charge on any atom is 0.225 e. The van der Waals surface area contributed by atoms with Gasteiger partial charge in [0.05, 0.1) is 17.5 Å². The SMILES string of the molecule is CCN(CC)c1ncc2c(n1)C[C@H](c1ccco1)CC2=O. The van der Waals surface area contributed by atoms with E-state index in [1.165, 1.54) is 0 Å². The van der Waals surface area contributed by atoms with Crippen molar-refractivity contribution in [3.63, 3.8) is 0 Å². The van der Waals surface area contributed by atoms with Crippen LogP contribution in [0.5, 0.6) is 0 Å². The van der Waals surface area contributed by atoms with E-state index >= 15 is 0 Å². The first kappa shape index (κ1) is 13.8. The van der Waals surface area contributed by atoms with Crippen LogP contribution in [-0.2, 0) is 6.42 Å². The number of Topliss-reactive ketones (excluding diaryl/α,β-unsaturated/α-hetero) is 1. The fourth-order valence-corrected chi connectivity index (χ4v) is 2.82. The second-order valence-electron chi connectivity index (χ2n) is 5.25. The Hall–Kier alpha value is -2.17. The van der Waals surface area contributed by atoms with Crippen molar-refractivity contribution in [1.82, 2.24) is 9.97 Å². The Morgan fingerprint density at radius 1 is 1.33 bits per heavy atom. The fraction of sp³-hybridized carbons (Fsp3) is 0.438. The summed E-state index contributed by atoms with van der Waals surface area (Å²) in [7, 11) is 0. The molecule has 0 amide bonds. The molecule has 0 bridgehead atoms. The van der Waals surface area contributed by atoms with E-state index in [1.807, 2.05) is 12.1 Å². The predicted octanol–water partition coefficient (Wildman–Crippen LogP) is 2.83. The number of carbonyl (C=O) groups is 1. The van der Waals surface area contributed by atoms with Crippen molar-refractivity contribution in [3.8, 4) is 0 Å². The molecular weight excluding hydrogens is 266 g/mol. The largest absolute Gasteiger partial charge is 0.469 e. The quantitative estimate of drug-likeness (QED) is 0.864. The molecule has 0 saturated heterocycles. The van der Waals surface area contributed by atoms with Crippen LogP contribution < -0.4 is 4.90 Å². The van der Waals surface area contributed by atoms with Crippen LogP contribution in [0.4, 0.5) is 5.95 Å². The molecule has 0 saturated carbocycles. The summed E-state index contributed by atoms with van der Waals surface area (Å²) in [5, 5.41) is 0. The molecule has 5 heteroatoms. The Morgan fingerprint density at radius 3 is 2.81 bits per heavy atom. The van der Waals surface area contributed by atoms with Gasteiger partial charge in [-0.3, -0.25) is 4.79 Å². The first-order valence-corrected chi connectivity index (χ1v) is 7.40. The van der Waals surface area contributed by atoms with E-state index in [1.54, 1.807) is 12.5 Å². The van der Waals surface area contributed by atoms with E-state index in [2.05, 4.69) is 28.7 Å². The van der Waals surface area contributed by atoms with Crippen LogP contribution in [0.25, 0.3) is 0 Å². The number of anilines is 1. The number of hydrogen-bond acceptors (Lipinski definition) is 5. The summed E-state index contributed by atoms with van der Waals surface area (Å²) in [5.74, 6) is 1.74. The van der Waals surface area contributed by atoms with Crippen molar-refractivity contribution in [2.75, 3.05) is 18.0 Å². The number of carbonyl (C=O) groups excluding carboxylic acids is 1. The summed E-state index contributed by atoms with van der Waals surface area (Å²) in [6, 6.07) is 3.78. The number of rotatable bonds is 4. The molecule has 1 atom stereocenters. The molecule has 3 rings (SSSR count). The van der Waals surface area contributed by atoms with Gasteiger partial charge in [0.1, 0.15) is 5.76 Å². The number of nitrogens with zero attached hydrogens (tertiary/aromatic N) is 3. The first-order chi connectivity index (χ1) is 10.2. The lowest BCUT2D eigenvalue weighted by Crippen LogP contribution is -2.27. The van der Waals surface area contributed by atoms with E-state index in [4.69, 9.17) is 4.42 Å². The topological polar surface area (TPSA) is 59.2 Å². The van der Waals surface area contributed by atoms with E-state index < -0.39 is 0 Å². The van der Waals surface area contributed by atoms with Gasteiger partial charge in [-0.2, -0.15) is 0 Å². The average Bonchev–Trinajstić information content (AvgIpc) is 3.02. The van der Waals surface area contributed by atoms with Crippen LogP contribution in [0.3, 0.4) is 0 Å². The van der Waals surface area contributed by atoms with Crippen LogP contribution >= 0.6 is 0 Å². The van der Waals surface area contributed by atoms with Crippen molar-refractivity contribution in [2.24, 2.45) is 0 Å². The minimum Gasteiger partial charge on any atom is -0.469 e. The number of ketones is 1. The molecule has 0 unspecified atom stereocenters. The van der Waals surface area contributed by atoms with Gasteiger partial charge in [-0.15, -0.1) is 0 Å². The summed E-state index contributed by atoms with van der Waals surface area (Å²) in [6.07, 6.45) is 4.52. The lowest BCUT2D eigenvalue weighted by molar-refractivity contribution is 0.0958. The van der Waals surface area contributed by atoms with Gasteiger partial charge in [0, 0.05) is 38.0 Å². The summed E-state index contributed by atoms with van der Waals surface area (Å²) >= 11 is 0. The van der Waals surface area contributed by atoms with Crippen LogP contribution in [0.2, 0.25) is 0 Å². The molecule has 1 aliphatic rings. The molecule has 21 heavy (non-hydrogen) atoms. The zero-order valence-electron chi connectivity index (χ0n) is 12.4. The second-order valence-corrected chi connectivity index (χ2v) is 5.25. The Labute approximate surface area is 124 Å². The van der Waals surface area contributed by atoms with Crippen LogP contribution in [0.15, 0.2) is 29.0 Å². The minimum atomic E-state index is 0.0828. The van der Waals surface area contributed by atoms with Gasteiger partial charge < -0.3 is 9.32 Å². The Kier molecular flexibility index (Phi) is 3.73. The van der Waals surface area contributed by atoms with Gasteiger partial charge in [0.2, 0.25) is 5.95 Å². The third-order valence-corrected chi connectivity index (χ3v) is 4.02. The lowest BCUT2D eigenvalue weighted by atomic mass is 9.85. The smallest absolute Gasteiger partial charge is 0.225 e.